The first-order chi connectivity index (χ1) is 7.34. The van der Waals surface area contributed by atoms with Gasteiger partial charge in [-0.15, -0.1) is 0 Å². The lowest BCUT2D eigenvalue weighted by molar-refractivity contribution is 0.386. The van der Waals surface area contributed by atoms with Crippen LogP contribution in [0.15, 0.2) is 34.9 Å². The zero-order chi connectivity index (χ0) is 10.3. The highest BCUT2D eigenvalue weighted by Crippen LogP contribution is 2.41. The molecule has 1 saturated carbocycles. The summed E-state index contributed by atoms with van der Waals surface area (Å²) in [4.78, 5) is 0. The molecule has 1 fully saturated rings. The van der Waals surface area contributed by atoms with Crippen molar-refractivity contribution in [3.8, 4) is 11.3 Å². The van der Waals surface area contributed by atoms with Crippen molar-refractivity contribution < 1.29 is 4.52 Å². The molecule has 0 amide bonds. The molecule has 1 aliphatic rings. The molecule has 0 bridgehead atoms. The molecule has 3 heteroatoms. The van der Waals surface area contributed by atoms with Gasteiger partial charge in [-0.3, -0.25) is 0 Å². The second kappa shape index (κ2) is 3.38. The Kier molecular flexibility index (Phi) is 2.03. The van der Waals surface area contributed by atoms with Gasteiger partial charge in [-0.2, -0.15) is 0 Å². The van der Waals surface area contributed by atoms with Crippen LogP contribution in [-0.2, 0) is 0 Å². The minimum absolute atomic E-state index is 0.591. The number of aromatic nitrogens is 1. The molecule has 1 aromatic carbocycles. The SMILES string of the molecule is Clc1ccccc1-c1cc(C2CC2)on1. The lowest BCUT2D eigenvalue weighted by Gasteiger charge is -1.96. The molecule has 0 aliphatic heterocycles. The standard InChI is InChI=1S/C12H10ClNO/c13-10-4-2-1-3-9(10)11-7-12(15-14-11)8-5-6-8/h1-4,7-8H,5-6H2. The first-order valence-electron chi connectivity index (χ1n) is 5.06. The number of nitrogens with zero attached hydrogens (tertiary/aromatic N) is 1. The van der Waals surface area contributed by atoms with E-state index < -0.39 is 0 Å². The highest BCUT2D eigenvalue weighted by molar-refractivity contribution is 6.33. The van der Waals surface area contributed by atoms with E-state index in [1.807, 2.05) is 30.3 Å². The Hall–Kier alpha value is -1.28. The van der Waals surface area contributed by atoms with Crippen LogP contribution in [0.4, 0.5) is 0 Å². The summed E-state index contributed by atoms with van der Waals surface area (Å²) < 4.78 is 5.29. The summed E-state index contributed by atoms with van der Waals surface area (Å²) in [5, 5.41) is 4.76. The van der Waals surface area contributed by atoms with Gasteiger partial charge in [-0.25, -0.2) is 0 Å². The van der Waals surface area contributed by atoms with Gasteiger partial charge in [0.25, 0.3) is 0 Å². The lowest BCUT2D eigenvalue weighted by atomic mass is 10.1. The van der Waals surface area contributed by atoms with Gasteiger partial charge in [-0.1, -0.05) is 35.0 Å². The van der Waals surface area contributed by atoms with E-state index in [-0.39, 0.29) is 0 Å². The molecule has 1 heterocycles. The number of rotatable bonds is 2. The molecule has 1 aliphatic carbocycles. The van der Waals surface area contributed by atoms with Crippen LogP contribution < -0.4 is 0 Å². The maximum Gasteiger partial charge on any atom is 0.140 e. The van der Waals surface area contributed by atoms with Crippen molar-refractivity contribution in [1.29, 1.82) is 0 Å². The van der Waals surface area contributed by atoms with Crippen molar-refractivity contribution in [2.75, 3.05) is 0 Å². The van der Waals surface area contributed by atoms with Crippen LogP contribution in [-0.4, -0.2) is 5.16 Å². The topological polar surface area (TPSA) is 26.0 Å². The third kappa shape index (κ3) is 1.65. The molecule has 0 atom stereocenters. The molecule has 1 aromatic heterocycles. The van der Waals surface area contributed by atoms with E-state index in [0.29, 0.717) is 10.9 Å². The van der Waals surface area contributed by atoms with Crippen molar-refractivity contribution in [2.24, 2.45) is 0 Å². The monoisotopic (exact) mass is 219 g/mol. The van der Waals surface area contributed by atoms with Crippen molar-refractivity contribution >= 4 is 11.6 Å². The molecule has 0 unspecified atom stereocenters. The minimum Gasteiger partial charge on any atom is -0.360 e. The van der Waals surface area contributed by atoms with E-state index in [2.05, 4.69) is 5.16 Å². The maximum absolute atomic E-state index is 6.08. The molecular weight excluding hydrogens is 210 g/mol. The second-order valence-electron chi connectivity index (χ2n) is 3.87. The molecule has 15 heavy (non-hydrogen) atoms. The molecule has 2 aromatic rings. The molecule has 0 saturated heterocycles. The van der Waals surface area contributed by atoms with Crippen LogP contribution in [0.1, 0.15) is 24.5 Å². The smallest absolute Gasteiger partial charge is 0.140 e. The van der Waals surface area contributed by atoms with E-state index in [0.717, 1.165) is 17.0 Å². The van der Waals surface area contributed by atoms with Crippen LogP contribution >= 0.6 is 11.6 Å². The normalized spacial score (nSPS) is 15.5. The minimum atomic E-state index is 0.591. The van der Waals surface area contributed by atoms with E-state index in [1.54, 1.807) is 0 Å². The van der Waals surface area contributed by atoms with Gasteiger partial charge in [0.05, 0.1) is 5.02 Å². The summed E-state index contributed by atoms with van der Waals surface area (Å²) in [5.41, 5.74) is 1.78. The quantitative estimate of drug-likeness (QED) is 0.766. The lowest BCUT2D eigenvalue weighted by Crippen LogP contribution is -1.77. The van der Waals surface area contributed by atoms with Gasteiger partial charge in [0.15, 0.2) is 0 Å². The fraction of sp³-hybridized carbons (Fsp3) is 0.250. The molecule has 76 valence electrons. The predicted molar refractivity (Wildman–Crippen MR) is 58.9 cm³/mol. The summed E-state index contributed by atoms with van der Waals surface area (Å²) in [6.45, 7) is 0. The van der Waals surface area contributed by atoms with Crippen LogP contribution in [0.2, 0.25) is 5.02 Å². The van der Waals surface area contributed by atoms with Crippen LogP contribution in [0.3, 0.4) is 0 Å². The fourth-order valence-electron chi connectivity index (χ4n) is 1.65. The number of hydrogen-bond donors (Lipinski definition) is 0. The average Bonchev–Trinajstić information content (AvgIpc) is 2.99. The van der Waals surface area contributed by atoms with E-state index >= 15 is 0 Å². The van der Waals surface area contributed by atoms with Crippen molar-refractivity contribution in [3.05, 3.63) is 41.1 Å². The number of hydrogen-bond acceptors (Lipinski definition) is 2. The Morgan fingerprint density at radius 1 is 1.27 bits per heavy atom. The van der Waals surface area contributed by atoms with E-state index in [4.69, 9.17) is 16.1 Å². The summed E-state index contributed by atoms with van der Waals surface area (Å²) in [6.07, 6.45) is 2.44. The molecule has 0 radical (unpaired) electrons. The summed E-state index contributed by atoms with van der Waals surface area (Å²) in [6, 6.07) is 9.68. The molecule has 0 N–H and O–H groups in total. The van der Waals surface area contributed by atoms with E-state index in [9.17, 15) is 0 Å². The molecule has 2 nitrogen and oxygen atoms in total. The Balaban J connectivity index is 2.01. The highest BCUT2D eigenvalue weighted by Gasteiger charge is 2.28. The van der Waals surface area contributed by atoms with Crippen molar-refractivity contribution in [3.63, 3.8) is 0 Å². The Labute approximate surface area is 92.8 Å². The molecule has 3 rings (SSSR count). The third-order valence-corrected chi connectivity index (χ3v) is 2.99. The predicted octanol–water partition coefficient (Wildman–Crippen LogP) is 3.87. The van der Waals surface area contributed by atoms with Gasteiger partial charge < -0.3 is 4.52 Å². The summed E-state index contributed by atoms with van der Waals surface area (Å²) in [7, 11) is 0. The largest absolute Gasteiger partial charge is 0.360 e. The Morgan fingerprint density at radius 2 is 2.07 bits per heavy atom. The van der Waals surface area contributed by atoms with Gasteiger partial charge in [-0.05, 0) is 18.9 Å². The average molecular weight is 220 g/mol. The summed E-state index contributed by atoms with van der Waals surface area (Å²) >= 11 is 6.08. The third-order valence-electron chi connectivity index (χ3n) is 2.66. The maximum atomic E-state index is 6.08. The zero-order valence-electron chi connectivity index (χ0n) is 8.11. The van der Waals surface area contributed by atoms with Gasteiger partial charge in [0.2, 0.25) is 0 Å². The Morgan fingerprint density at radius 3 is 2.80 bits per heavy atom. The first-order valence-corrected chi connectivity index (χ1v) is 5.44. The molecule has 0 spiro atoms. The Bertz CT molecular complexity index is 488. The number of benzene rings is 1. The molecular formula is C12H10ClNO. The second-order valence-corrected chi connectivity index (χ2v) is 4.28. The zero-order valence-corrected chi connectivity index (χ0v) is 8.87. The van der Waals surface area contributed by atoms with Crippen LogP contribution in [0.25, 0.3) is 11.3 Å². The van der Waals surface area contributed by atoms with Gasteiger partial charge in [0.1, 0.15) is 11.5 Å². The first kappa shape index (κ1) is 8.98. The highest BCUT2D eigenvalue weighted by atomic mass is 35.5. The van der Waals surface area contributed by atoms with E-state index in [1.165, 1.54) is 12.8 Å². The van der Waals surface area contributed by atoms with Gasteiger partial charge in [0, 0.05) is 17.5 Å². The van der Waals surface area contributed by atoms with Crippen LogP contribution in [0, 0.1) is 0 Å². The summed E-state index contributed by atoms with van der Waals surface area (Å²) in [5.74, 6) is 1.58. The number of halogens is 1. The van der Waals surface area contributed by atoms with Crippen molar-refractivity contribution in [1.82, 2.24) is 5.16 Å². The fourth-order valence-corrected chi connectivity index (χ4v) is 1.88. The van der Waals surface area contributed by atoms with Gasteiger partial charge >= 0.3 is 0 Å². The van der Waals surface area contributed by atoms with Crippen LogP contribution in [0.5, 0.6) is 0 Å². The van der Waals surface area contributed by atoms with Crippen molar-refractivity contribution in [2.45, 2.75) is 18.8 Å².